The Bertz CT molecular complexity index is 883. The molecule has 3 heterocycles. The molecule has 5 nitrogen and oxygen atoms in total. The molecule has 2 aromatic heterocycles. The van der Waals surface area contributed by atoms with Crippen molar-refractivity contribution in [3.05, 3.63) is 47.8 Å². The molecule has 0 bridgehead atoms. The molecule has 0 atom stereocenters. The van der Waals surface area contributed by atoms with Gasteiger partial charge in [0.05, 0.1) is 0 Å². The van der Waals surface area contributed by atoms with E-state index in [0.717, 1.165) is 28.8 Å². The molecule has 1 aromatic carbocycles. The molecule has 0 amide bonds. The lowest BCUT2D eigenvalue weighted by Crippen LogP contribution is -2.15. The van der Waals surface area contributed by atoms with Crippen LogP contribution in [0, 0.1) is 6.92 Å². The molecule has 22 heavy (non-hydrogen) atoms. The summed E-state index contributed by atoms with van der Waals surface area (Å²) in [7, 11) is 0. The summed E-state index contributed by atoms with van der Waals surface area (Å²) >= 11 is 0. The summed E-state index contributed by atoms with van der Waals surface area (Å²) in [4.78, 5) is 16.2. The van der Waals surface area contributed by atoms with Crippen LogP contribution in [0.15, 0.2) is 36.5 Å². The average Bonchev–Trinajstić information content (AvgIpc) is 2.94. The summed E-state index contributed by atoms with van der Waals surface area (Å²) in [6.07, 6.45) is 2.69. The van der Waals surface area contributed by atoms with Crippen molar-refractivity contribution in [2.75, 3.05) is 13.2 Å². The molecule has 3 aromatic rings. The SMILES string of the molecule is Cc1cccn2c(C=O)c(-c3ccc4c(c3)OCCO4)nc12. The molecule has 0 spiro atoms. The number of pyridine rings is 1. The van der Waals surface area contributed by atoms with E-state index in [0.29, 0.717) is 30.4 Å². The molecule has 0 fully saturated rings. The van der Waals surface area contributed by atoms with Gasteiger partial charge in [-0.1, -0.05) is 6.07 Å². The summed E-state index contributed by atoms with van der Waals surface area (Å²) in [6, 6.07) is 9.51. The number of aldehydes is 1. The molecule has 0 aliphatic carbocycles. The number of hydrogen-bond acceptors (Lipinski definition) is 4. The summed E-state index contributed by atoms with van der Waals surface area (Å²) in [5.74, 6) is 1.41. The summed E-state index contributed by atoms with van der Waals surface area (Å²) < 4.78 is 13.0. The molecule has 110 valence electrons. The Morgan fingerprint density at radius 1 is 1.18 bits per heavy atom. The molecule has 0 saturated carbocycles. The first kappa shape index (κ1) is 12.9. The Morgan fingerprint density at radius 3 is 2.82 bits per heavy atom. The maximum atomic E-state index is 11.6. The second-order valence-electron chi connectivity index (χ2n) is 5.21. The zero-order chi connectivity index (χ0) is 15.1. The maximum Gasteiger partial charge on any atom is 0.169 e. The lowest BCUT2D eigenvalue weighted by atomic mass is 10.1. The molecule has 0 N–H and O–H groups in total. The monoisotopic (exact) mass is 294 g/mol. The fourth-order valence-electron chi connectivity index (χ4n) is 2.74. The van der Waals surface area contributed by atoms with Gasteiger partial charge in [-0.3, -0.25) is 9.20 Å². The van der Waals surface area contributed by atoms with Crippen LogP contribution in [0.25, 0.3) is 16.9 Å². The van der Waals surface area contributed by atoms with E-state index in [-0.39, 0.29) is 0 Å². The molecule has 5 heteroatoms. The van der Waals surface area contributed by atoms with E-state index < -0.39 is 0 Å². The number of rotatable bonds is 2. The fraction of sp³-hybridized carbons (Fsp3) is 0.176. The maximum absolute atomic E-state index is 11.6. The molecule has 1 aliphatic heterocycles. The van der Waals surface area contributed by atoms with Crippen LogP contribution in [0.1, 0.15) is 16.1 Å². The van der Waals surface area contributed by atoms with E-state index in [1.807, 2.05) is 47.9 Å². The number of hydrogen-bond donors (Lipinski definition) is 0. The zero-order valence-electron chi connectivity index (χ0n) is 12.1. The second kappa shape index (κ2) is 4.87. The number of carbonyl (C=O) groups is 1. The van der Waals surface area contributed by atoms with Crippen LogP contribution >= 0.6 is 0 Å². The van der Waals surface area contributed by atoms with Crippen LogP contribution in [0.5, 0.6) is 11.5 Å². The number of aromatic nitrogens is 2. The van der Waals surface area contributed by atoms with Crippen LogP contribution in [0.3, 0.4) is 0 Å². The van der Waals surface area contributed by atoms with Gasteiger partial charge in [0.15, 0.2) is 17.8 Å². The molecule has 0 unspecified atom stereocenters. The van der Waals surface area contributed by atoms with Crippen LogP contribution < -0.4 is 9.47 Å². The first-order chi connectivity index (χ1) is 10.8. The number of ether oxygens (including phenoxy) is 2. The third kappa shape index (κ3) is 1.86. The zero-order valence-corrected chi connectivity index (χ0v) is 12.1. The van der Waals surface area contributed by atoms with Gasteiger partial charge in [0.25, 0.3) is 0 Å². The normalized spacial score (nSPS) is 13.3. The second-order valence-corrected chi connectivity index (χ2v) is 5.21. The minimum Gasteiger partial charge on any atom is -0.486 e. The van der Waals surface area contributed by atoms with Gasteiger partial charge in [-0.2, -0.15) is 0 Å². The topological polar surface area (TPSA) is 52.8 Å². The number of fused-ring (bicyclic) bond motifs is 2. The van der Waals surface area contributed by atoms with E-state index in [4.69, 9.17) is 9.47 Å². The fourth-order valence-corrected chi connectivity index (χ4v) is 2.74. The van der Waals surface area contributed by atoms with E-state index >= 15 is 0 Å². The Hall–Kier alpha value is -2.82. The third-order valence-electron chi connectivity index (χ3n) is 3.81. The Labute approximate surface area is 127 Å². The lowest BCUT2D eigenvalue weighted by molar-refractivity contribution is 0.111. The van der Waals surface area contributed by atoms with Gasteiger partial charge in [-0.05, 0) is 36.8 Å². The predicted molar refractivity (Wildman–Crippen MR) is 81.7 cm³/mol. The van der Waals surface area contributed by atoms with Gasteiger partial charge >= 0.3 is 0 Å². The lowest BCUT2D eigenvalue weighted by Gasteiger charge is -2.18. The smallest absolute Gasteiger partial charge is 0.169 e. The summed E-state index contributed by atoms with van der Waals surface area (Å²) in [5, 5.41) is 0. The summed E-state index contributed by atoms with van der Waals surface area (Å²) in [6.45, 7) is 3.06. The van der Waals surface area contributed by atoms with E-state index in [1.54, 1.807) is 0 Å². The van der Waals surface area contributed by atoms with Gasteiger partial charge in [-0.25, -0.2) is 4.98 Å². The van der Waals surface area contributed by atoms with Gasteiger partial charge in [0.2, 0.25) is 0 Å². The van der Waals surface area contributed by atoms with E-state index in [1.165, 1.54) is 0 Å². The van der Waals surface area contributed by atoms with Crippen LogP contribution in [-0.2, 0) is 0 Å². The highest BCUT2D eigenvalue weighted by molar-refractivity contribution is 5.87. The Kier molecular flexibility index (Phi) is 2.85. The van der Waals surface area contributed by atoms with Gasteiger partial charge in [0, 0.05) is 11.8 Å². The van der Waals surface area contributed by atoms with Gasteiger partial charge < -0.3 is 9.47 Å². The van der Waals surface area contributed by atoms with Crippen LogP contribution in [0.2, 0.25) is 0 Å². The van der Waals surface area contributed by atoms with Crippen molar-refractivity contribution in [3.8, 4) is 22.8 Å². The Morgan fingerprint density at radius 2 is 2.00 bits per heavy atom. The van der Waals surface area contributed by atoms with Crippen LogP contribution in [-0.4, -0.2) is 28.9 Å². The van der Waals surface area contributed by atoms with Crippen molar-refractivity contribution >= 4 is 11.9 Å². The molecule has 0 saturated heterocycles. The minimum atomic E-state index is 0.529. The average molecular weight is 294 g/mol. The first-order valence-electron chi connectivity index (χ1n) is 7.11. The summed E-state index contributed by atoms with van der Waals surface area (Å²) in [5.41, 5.74) is 3.84. The predicted octanol–water partition coefficient (Wildman–Crippen LogP) is 2.89. The standard InChI is InChI=1S/C17H14N2O3/c1-11-3-2-6-19-13(10-20)16(18-17(11)19)12-4-5-14-15(9-12)22-8-7-21-14/h2-6,9-10H,7-8H2,1H3. The number of benzene rings is 1. The quantitative estimate of drug-likeness (QED) is 0.682. The van der Waals surface area contributed by atoms with Crippen LogP contribution in [0.4, 0.5) is 0 Å². The van der Waals surface area contributed by atoms with Crippen molar-refractivity contribution in [2.24, 2.45) is 0 Å². The highest BCUT2D eigenvalue weighted by Crippen LogP contribution is 2.35. The van der Waals surface area contributed by atoms with E-state index in [2.05, 4.69) is 4.98 Å². The number of carbonyl (C=O) groups excluding carboxylic acids is 1. The van der Waals surface area contributed by atoms with Crippen molar-refractivity contribution in [2.45, 2.75) is 6.92 Å². The molecule has 0 radical (unpaired) electrons. The number of imidazole rings is 1. The van der Waals surface area contributed by atoms with Gasteiger partial charge in [-0.15, -0.1) is 0 Å². The molecule has 1 aliphatic rings. The highest BCUT2D eigenvalue weighted by Gasteiger charge is 2.18. The van der Waals surface area contributed by atoms with Crippen molar-refractivity contribution in [3.63, 3.8) is 0 Å². The molecule has 4 rings (SSSR count). The minimum absolute atomic E-state index is 0.529. The highest BCUT2D eigenvalue weighted by atomic mass is 16.6. The first-order valence-corrected chi connectivity index (χ1v) is 7.11. The van der Waals surface area contributed by atoms with E-state index in [9.17, 15) is 4.79 Å². The molecular weight excluding hydrogens is 280 g/mol. The number of aryl methyl sites for hydroxylation is 1. The Balaban J connectivity index is 1.94. The largest absolute Gasteiger partial charge is 0.486 e. The third-order valence-corrected chi connectivity index (χ3v) is 3.81. The van der Waals surface area contributed by atoms with Gasteiger partial charge in [0.1, 0.15) is 30.2 Å². The van der Waals surface area contributed by atoms with Crippen molar-refractivity contribution in [1.82, 2.24) is 9.38 Å². The molecular formula is C17H14N2O3. The van der Waals surface area contributed by atoms with Crippen molar-refractivity contribution < 1.29 is 14.3 Å². The number of nitrogens with zero attached hydrogens (tertiary/aromatic N) is 2. The van der Waals surface area contributed by atoms with Crippen molar-refractivity contribution in [1.29, 1.82) is 0 Å².